The molecule has 1 fully saturated rings. The van der Waals surface area contributed by atoms with Crippen LogP contribution >= 0.6 is 23.2 Å². The van der Waals surface area contributed by atoms with Crippen molar-refractivity contribution in [1.29, 1.82) is 0 Å². The van der Waals surface area contributed by atoms with Crippen molar-refractivity contribution >= 4 is 40.6 Å². The predicted molar refractivity (Wildman–Crippen MR) is 173 cm³/mol. The maximum atomic E-state index is 15.2. The minimum absolute atomic E-state index is 0.0158. The van der Waals surface area contributed by atoms with E-state index >= 15 is 4.39 Å². The number of hydrogen-bond donors (Lipinski definition) is 5. The third kappa shape index (κ3) is 7.86. The van der Waals surface area contributed by atoms with Crippen LogP contribution in [0.4, 0.5) is 15.9 Å². The maximum absolute atomic E-state index is 15.2. The van der Waals surface area contributed by atoms with E-state index in [1.54, 1.807) is 43.6 Å². The normalized spacial score (nSPS) is 14.4. The van der Waals surface area contributed by atoms with Crippen molar-refractivity contribution in [2.45, 2.75) is 31.8 Å². The average molecular weight is 655 g/mol. The number of ether oxygens (including phenoxy) is 1. The van der Waals surface area contributed by atoms with E-state index in [0.717, 1.165) is 18.5 Å². The number of aliphatic hydroxyl groups is 1. The summed E-state index contributed by atoms with van der Waals surface area (Å²) >= 11 is 13.7. The van der Waals surface area contributed by atoms with Gasteiger partial charge in [0.1, 0.15) is 0 Å². The summed E-state index contributed by atoms with van der Waals surface area (Å²) in [7, 11) is 1.58. The van der Waals surface area contributed by atoms with Crippen molar-refractivity contribution in [1.82, 2.24) is 30.9 Å². The molecular formula is C32H34Cl2FN7O3. The number of nitrogens with one attached hydrogen (secondary N) is 4. The van der Waals surface area contributed by atoms with Gasteiger partial charge < -0.3 is 31.1 Å². The van der Waals surface area contributed by atoms with Gasteiger partial charge in [0.25, 0.3) is 0 Å². The zero-order valence-corrected chi connectivity index (χ0v) is 26.2. The molecule has 1 aliphatic rings. The summed E-state index contributed by atoms with van der Waals surface area (Å²) < 4.78 is 20.8. The molecule has 3 aromatic heterocycles. The molecule has 236 valence electrons. The molecule has 45 heavy (non-hydrogen) atoms. The van der Waals surface area contributed by atoms with Gasteiger partial charge in [-0.05, 0) is 43.7 Å². The lowest BCUT2D eigenvalue weighted by Gasteiger charge is -2.15. The molecule has 4 heterocycles. The first-order valence-corrected chi connectivity index (χ1v) is 15.3. The average Bonchev–Trinajstić information content (AvgIpc) is 3.47. The number of aliphatic hydroxyl groups excluding tert-OH is 1. The van der Waals surface area contributed by atoms with E-state index in [-0.39, 0.29) is 30.9 Å². The number of anilines is 2. The summed E-state index contributed by atoms with van der Waals surface area (Å²) in [4.78, 5) is 24.8. The highest BCUT2D eigenvalue weighted by Gasteiger charge is 2.21. The number of halogens is 3. The second kappa shape index (κ2) is 15.4. The number of nitrogens with zero attached hydrogens (tertiary/aromatic N) is 3. The number of carbonyl (C=O) groups excluding carboxylic acids is 1. The van der Waals surface area contributed by atoms with Crippen LogP contribution in [-0.4, -0.2) is 65.4 Å². The van der Waals surface area contributed by atoms with Gasteiger partial charge in [-0.1, -0.05) is 41.4 Å². The van der Waals surface area contributed by atoms with Gasteiger partial charge in [-0.25, -0.2) is 14.4 Å². The highest BCUT2D eigenvalue weighted by Crippen LogP contribution is 2.40. The largest absolute Gasteiger partial charge is 0.481 e. The van der Waals surface area contributed by atoms with Gasteiger partial charge in [0, 0.05) is 66.7 Å². The van der Waals surface area contributed by atoms with Gasteiger partial charge in [0.05, 0.1) is 40.8 Å². The number of carbonyl (C=O) groups is 1. The first kappa shape index (κ1) is 32.5. The number of pyridine rings is 3. The molecule has 10 nitrogen and oxygen atoms in total. The Labute approximate surface area is 270 Å². The van der Waals surface area contributed by atoms with E-state index in [1.807, 2.05) is 12.1 Å². The second-order valence-corrected chi connectivity index (χ2v) is 11.2. The van der Waals surface area contributed by atoms with Crippen LogP contribution in [0.25, 0.3) is 22.5 Å². The quantitative estimate of drug-likeness (QED) is 0.121. The molecule has 1 aromatic carbocycles. The summed E-state index contributed by atoms with van der Waals surface area (Å²) in [5.41, 5.74) is 3.99. The maximum Gasteiger partial charge on any atom is 0.220 e. The summed E-state index contributed by atoms with van der Waals surface area (Å²) in [5.74, 6) is 0.0856. The Morgan fingerprint density at radius 3 is 2.64 bits per heavy atom. The van der Waals surface area contributed by atoms with Gasteiger partial charge in [-0.3, -0.25) is 9.78 Å². The molecule has 1 atom stereocenters. The van der Waals surface area contributed by atoms with Crippen LogP contribution in [0.2, 0.25) is 10.0 Å². The fraction of sp³-hybridized carbons (Fsp3) is 0.312. The number of amides is 1. The van der Waals surface area contributed by atoms with Gasteiger partial charge in [-0.15, -0.1) is 0 Å². The van der Waals surface area contributed by atoms with Gasteiger partial charge in [-0.2, -0.15) is 0 Å². The van der Waals surface area contributed by atoms with Crippen molar-refractivity contribution in [3.63, 3.8) is 0 Å². The number of methoxy groups -OCH3 is 1. The van der Waals surface area contributed by atoms with E-state index in [0.29, 0.717) is 75.6 Å². The standard InChI is InChI=1S/C32H34Cl2FN7O3/c1-45-32-19(9-12-36-18-21-6-8-26(44)40-21)5-7-24(42-32)22-11-14-38-30(28(22)34)23-3-2-4-25(27(23)33)41-31-29(35)20(10-13-39-31)17-37-15-16-43/h2-5,7,10-11,13-14,21,36-37,43H,6,8-9,12,15-18H2,1H3,(H,39,41)(H,40,44)/t21-/m1/s1. The zero-order chi connectivity index (χ0) is 31.8. The molecule has 0 unspecified atom stereocenters. The third-order valence-electron chi connectivity index (χ3n) is 7.42. The highest BCUT2D eigenvalue weighted by molar-refractivity contribution is 6.39. The zero-order valence-electron chi connectivity index (χ0n) is 24.7. The van der Waals surface area contributed by atoms with Crippen LogP contribution in [0.1, 0.15) is 24.0 Å². The van der Waals surface area contributed by atoms with Crippen LogP contribution in [0.15, 0.2) is 54.9 Å². The Morgan fingerprint density at radius 2 is 1.87 bits per heavy atom. The Morgan fingerprint density at radius 1 is 1.02 bits per heavy atom. The number of hydrogen-bond acceptors (Lipinski definition) is 9. The van der Waals surface area contributed by atoms with E-state index in [4.69, 9.17) is 38.0 Å². The molecule has 0 bridgehead atoms. The van der Waals surface area contributed by atoms with Crippen molar-refractivity contribution in [2.75, 3.05) is 38.7 Å². The van der Waals surface area contributed by atoms with Crippen molar-refractivity contribution in [3.8, 4) is 28.4 Å². The lowest BCUT2D eigenvalue weighted by atomic mass is 10.0. The minimum atomic E-state index is -0.524. The molecule has 1 saturated heterocycles. The van der Waals surface area contributed by atoms with Gasteiger partial charge >= 0.3 is 0 Å². The van der Waals surface area contributed by atoms with Crippen LogP contribution in [-0.2, 0) is 17.8 Å². The molecule has 0 aliphatic carbocycles. The summed E-state index contributed by atoms with van der Waals surface area (Å²) in [6.45, 7) is 1.96. The predicted octanol–water partition coefficient (Wildman–Crippen LogP) is 4.90. The molecule has 0 spiro atoms. The lowest BCUT2D eigenvalue weighted by molar-refractivity contribution is -0.119. The molecule has 5 rings (SSSR count). The molecule has 0 saturated carbocycles. The van der Waals surface area contributed by atoms with E-state index in [1.165, 1.54) is 6.20 Å². The molecule has 5 N–H and O–H groups in total. The Kier molecular flexibility index (Phi) is 11.1. The second-order valence-electron chi connectivity index (χ2n) is 10.5. The van der Waals surface area contributed by atoms with Crippen LogP contribution < -0.4 is 26.0 Å². The molecule has 4 aromatic rings. The molecule has 1 amide bonds. The fourth-order valence-corrected chi connectivity index (χ4v) is 5.67. The minimum Gasteiger partial charge on any atom is -0.481 e. The van der Waals surface area contributed by atoms with Crippen LogP contribution in [0.3, 0.4) is 0 Å². The Balaban J connectivity index is 1.34. The van der Waals surface area contributed by atoms with E-state index < -0.39 is 5.82 Å². The number of rotatable bonds is 14. The fourth-order valence-electron chi connectivity index (χ4n) is 5.09. The molecule has 13 heteroatoms. The topological polar surface area (TPSA) is 133 Å². The van der Waals surface area contributed by atoms with E-state index in [9.17, 15) is 4.79 Å². The van der Waals surface area contributed by atoms with Crippen molar-refractivity contribution in [3.05, 3.63) is 81.8 Å². The first-order chi connectivity index (χ1) is 21.9. The van der Waals surface area contributed by atoms with Crippen molar-refractivity contribution in [2.24, 2.45) is 0 Å². The van der Waals surface area contributed by atoms with Gasteiger partial charge in [0.2, 0.25) is 11.8 Å². The molecular weight excluding hydrogens is 620 g/mol. The monoisotopic (exact) mass is 653 g/mol. The summed E-state index contributed by atoms with van der Waals surface area (Å²) in [6, 6.07) is 12.6. The Bertz CT molecular complexity index is 1660. The van der Waals surface area contributed by atoms with E-state index in [2.05, 4.69) is 31.2 Å². The highest BCUT2D eigenvalue weighted by atomic mass is 35.5. The SMILES string of the molecule is COc1nc(-c2ccnc(-c3cccc(Nc4nccc(CNCCO)c4F)c3Cl)c2Cl)ccc1CCNC[C@H]1CCC(=O)N1. The first-order valence-electron chi connectivity index (χ1n) is 14.6. The molecule has 0 radical (unpaired) electrons. The molecule has 1 aliphatic heterocycles. The summed E-state index contributed by atoms with van der Waals surface area (Å²) in [5, 5.41) is 21.9. The summed E-state index contributed by atoms with van der Waals surface area (Å²) in [6.07, 6.45) is 5.25. The number of benzene rings is 1. The Hall–Kier alpha value is -3.87. The van der Waals surface area contributed by atoms with Crippen molar-refractivity contribution < 1.29 is 19.0 Å². The lowest BCUT2D eigenvalue weighted by Crippen LogP contribution is -2.36. The van der Waals surface area contributed by atoms with Gasteiger partial charge in [0.15, 0.2) is 11.6 Å². The smallest absolute Gasteiger partial charge is 0.220 e. The third-order valence-corrected chi connectivity index (χ3v) is 8.21. The van der Waals surface area contributed by atoms with Crippen LogP contribution in [0.5, 0.6) is 5.88 Å². The van der Waals surface area contributed by atoms with Crippen LogP contribution in [0, 0.1) is 5.82 Å². The number of aromatic nitrogens is 3.